The van der Waals surface area contributed by atoms with Gasteiger partial charge in [-0.1, -0.05) is 48.3 Å². The maximum atomic E-state index is 13.9. The molecule has 0 unspecified atom stereocenters. The summed E-state index contributed by atoms with van der Waals surface area (Å²) in [4.78, 5) is 34.6. The zero-order valence-electron chi connectivity index (χ0n) is 26.4. The summed E-state index contributed by atoms with van der Waals surface area (Å²) in [5, 5.41) is 4.42. The van der Waals surface area contributed by atoms with E-state index < -0.39 is 0 Å². The molecule has 2 aromatic carbocycles. The first-order chi connectivity index (χ1) is 21.6. The zero-order chi connectivity index (χ0) is 31.7. The molecule has 3 aromatic rings. The highest BCUT2D eigenvalue weighted by molar-refractivity contribution is 6.36. The van der Waals surface area contributed by atoms with Crippen LogP contribution >= 0.6 is 23.2 Å². The van der Waals surface area contributed by atoms with E-state index in [2.05, 4.69) is 36.0 Å². The second kappa shape index (κ2) is 14.0. The normalized spacial score (nSPS) is 27.6. The number of halogens is 2. The number of aromatic nitrogens is 1. The first-order valence-electron chi connectivity index (χ1n) is 16.3. The summed E-state index contributed by atoms with van der Waals surface area (Å²) < 4.78 is 12.4. The van der Waals surface area contributed by atoms with Crippen LogP contribution in [-0.2, 0) is 20.7 Å². The lowest BCUT2D eigenvalue weighted by atomic mass is 9.89. The number of ether oxygens (including phenoxy) is 2. The van der Waals surface area contributed by atoms with Crippen molar-refractivity contribution in [3.05, 3.63) is 63.8 Å². The van der Waals surface area contributed by atoms with Crippen molar-refractivity contribution < 1.29 is 19.1 Å². The highest BCUT2D eigenvalue weighted by Crippen LogP contribution is 2.33. The van der Waals surface area contributed by atoms with Crippen LogP contribution in [0.5, 0.6) is 0 Å². The maximum absolute atomic E-state index is 13.9. The minimum Gasteiger partial charge on any atom is -0.376 e. The van der Waals surface area contributed by atoms with Crippen LogP contribution in [-0.4, -0.2) is 83.2 Å². The third-order valence-electron chi connectivity index (χ3n) is 9.72. The Balaban J connectivity index is 1.14. The molecule has 0 spiro atoms. The smallest absolute Gasteiger partial charge is 0.257 e. The van der Waals surface area contributed by atoms with Crippen molar-refractivity contribution in [1.82, 2.24) is 14.8 Å². The SMILES string of the molecule is CC1CCC(OC[C@@H]2C[C@H](N3C[C@@H](C)O[C@@H](C)C3)CN2C(=O)Cc2cc(Cl)c(NC(=O)c3c[nH]c4ccccc34)cc2Cl)CC1. The second-order valence-corrected chi connectivity index (χ2v) is 14.1. The Morgan fingerprint density at radius 1 is 1.00 bits per heavy atom. The number of amides is 2. The number of H-pyrrole nitrogens is 1. The number of anilines is 1. The van der Waals surface area contributed by atoms with Gasteiger partial charge in [-0.25, -0.2) is 0 Å². The number of hydrogen-bond donors (Lipinski definition) is 2. The number of aromatic amines is 1. The summed E-state index contributed by atoms with van der Waals surface area (Å²) in [6, 6.07) is 11.2. The van der Waals surface area contributed by atoms with Crippen molar-refractivity contribution in [3.8, 4) is 0 Å². The van der Waals surface area contributed by atoms with Crippen LogP contribution < -0.4 is 5.32 Å². The third-order valence-corrected chi connectivity index (χ3v) is 10.4. The van der Waals surface area contributed by atoms with Gasteiger partial charge in [0.05, 0.1) is 53.7 Å². The van der Waals surface area contributed by atoms with Crippen LogP contribution in [0.1, 0.15) is 68.8 Å². The van der Waals surface area contributed by atoms with Gasteiger partial charge in [-0.15, -0.1) is 0 Å². The van der Waals surface area contributed by atoms with Crippen molar-refractivity contribution in [2.45, 2.75) is 89.7 Å². The molecule has 2 saturated heterocycles. The van der Waals surface area contributed by atoms with Crippen LogP contribution in [0, 0.1) is 5.92 Å². The minimum atomic E-state index is -0.292. The molecule has 4 atom stereocenters. The Bertz CT molecular complexity index is 1510. The van der Waals surface area contributed by atoms with Gasteiger partial charge in [0, 0.05) is 47.8 Å². The molecule has 10 heteroatoms. The summed E-state index contributed by atoms with van der Waals surface area (Å²) in [5.74, 6) is 0.472. The summed E-state index contributed by atoms with van der Waals surface area (Å²) in [7, 11) is 0. The van der Waals surface area contributed by atoms with Gasteiger partial charge in [-0.05, 0) is 75.6 Å². The number of hydrogen-bond acceptors (Lipinski definition) is 5. The monoisotopic (exact) mass is 654 g/mol. The number of nitrogens with one attached hydrogen (secondary N) is 2. The third kappa shape index (κ3) is 7.52. The highest BCUT2D eigenvalue weighted by atomic mass is 35.5. The fraction of sp³-hybridized carbons (Fsp3) is 0.543. The number of nitrogens with zero attached hydrogens (tertiary/aromatic N) is 2. The molecule has 45 heavy (non-hydrogen) atoms. The molecular weight excluding hydrogens is 611 g/mol. The highest BCUT2D eigenvalue weighted by Gasteiger charge is 2.40. The molecule has 1 aromatic heterocycles. The Morgan fingerprint density at radius 2 is 1.73 bits per heavy atom. The molecule has 2 amide bonds. The van der Waals surface area contributed by atoms with Crippen LogP contribution in [0.2, 0.25) is 10.0 Å². The quantitative estimate of drug-likeness (QED) is 0.275. The van der Waals surface area contributed by atoms with E-state index in [9.17, 15) is 9.59 Å². The van der Waals surface area contributed by atoms with Crippen molar-refractivity contribution >= 4 is 51.6 Å². The van der Waals surface area contributed by atoms with Crippen LogP contribution in [0.15, 0.2) is 42.6 Å². The maximum Gasteiger partial charge on any atom is 0.257 e. The van der Waals surface area contributed by atoms with E-state index in [0.29, 0.717) is 40.0 Å². The molecule has 2 N–H and O–H groups in total. The molecule has 0 bridgehead atoms. The van der Waals surface area contributed by atoms with Gasteiger partial charge in [0.1, 0.15) is 0 Å². The van der Waals surface area contributed by atoms with Crippen LogP contribution in [0.25, 0.3) is 10.9 Å². The number of benzene rings is 2. The largest absolute Gasteiger partial charge is 0.376 e. The summed E-state index contributed by atoms with van der Waals surface area (Å²) >= 11 is 13.4. The van der Waals surface area contributed by atoms with Crippen molar-refractivity contribution in [3.63, 3.8) is 0 Å². The number of morpholine rings is 1. The van der Waals surface area contributed by atoms with Gasteiger partial charge in [-0.2, -0.15) is 0 Å². The van der Waals surface area contributed by atoms with Crippen LogP contribution in [0.4, 0.5) is 5.69 Å². The lowest BCUT2D eigenvalue weighted by Crippen LogP contribution is -2.51. The van der Waals surface area contributed by atoms with Crippen molar-refractivity contribution in [1.29, 1.82) is 0 Å². The van der Waals surface area contributed by atoms with E-state index in [1.165, 1.54) is 12.8 Å². The van der Waals surface area contributed by atoms with E-state index in [-0.39, 0.29) is 48.6 Å². The lowest BCUT2D eigenvalue weighted by molar-refractivity contribution is -0.133. The first kappa shape index (κ1) is 32.3. The number of carbonyl (C=O) groups excluding carboxylic acids is 2. The molecule has 6 rings (SSSR count). The number of fused-ring (bicyclic) bond motifs is 1. The molecule has 1 aliphatic carbocycles. The first-order valence-corrected chi connectivity index (χ1v) is 17.1. The van der Waals surface area contributed by atoms with Crippen molar-refractivity contribution in [2.24, 2.45) is 5.92 Å². The van der Waals surface area contributed by atoms with E-state index >= 15 is 0 Å². The second-order valence-electron chi connectivity index (χ2n) is 13.3. The molecule has 3 fully saturated rings. The van der Waals surface area contributed by atoms with Gasteiger partial charge >= 0.3 is 0 Å². The fourth-order valence-corrected chi connectivity index (χ4v) is 7.78. The molecule has 0 radical (unpaired) electrons. The van der Waals surface area contributed by atoms with Gasteiger partial charge in [0.2, 0.25) is 5.91 Å². The molecule has 2 aliphatic heterocycles. The van der Waals surface area contributed by atoms with E-state index in [1.807, 2.05) is 29.2 Å². The van der Waals surface area contributed by atoms with Crippen LogP contribution in [0.3, 0.4) is 0 Å². The minimum absolute atomic E-state index is 0.000658. The molecule has 8 nitrogen and oxygen atoms in total. The Kier molecular flexibility index (Phi) is 10.1. The topological polar surface area (TPSA) is 86.9 Å². The zero-order valence-corrected chi connectivity index (χ0v) is 27.9. The molecule has 1 saturated carbocycles. The predicted molar refractivity (Wildman–Crippen MR) is 179 cm³/mol. The summed E-state index contributed by atoms with van der Waals surface area (Å²) in [5.41, 5.74) is 2.42. The fourth-order valence-electron chi connectivity index (χ4n) is 7.31. The standard InChI is InChI=1S/C35H44Cl2N4O4/c1-21-8-10-27(11-9-21)44-20-26-14-25(40-17-22(2)45-23(3)18-40)19-41(26)34(42)13-24-12-31(37)33(15-30(24)36)39-35(43)29-16-38-32-7-5-4-6-28(29)32/h4-7,12,15-16,21-23,25-27,38H,8-11,13-14,17-20H2,1-3H3,(H,39,43)/t21?,22-,23+,25-,26-,27?/m0/s1. The molecule has 3 aliphatic rings. The average molecular weight is 656 g/mol. The Labute approximate surface area is 275 Å². The van der Waals surface area contributed by atoms with E-state index in [1.54, 1.807) is 18.3 Å². The Hall–Kier alpha value is -2.62. The Morgan fingerprint density at radius 3 is 2.49 bits per heavy atom. The number of likely N-dealkylation sites (tertiary alicyclic amines) is 1. The average Bonchev–Trinajstić information content (AvgIpc) is 3.64. The number of rotatable bonds is 8. The van der Waals surface area contributed by atoms with E-state index in [0.717, 1.165) is 49.2 Å². The molecular formula is C35H44Cl2N4O4. The lowest BCUT2D eigenvalue weighted by Gasteiger charge is -2.38. The van der Waals surface area contributed by atoms with Gasteiger partial charge in [0.25, 0.3) is 5.91 Å². The molecule has 242 valence electrons. The number of carbonyl (C=O) groups is 2. The predicted octanol–water partition coefficient (Wildman–Crippen LogP) is 6.94. The van der Waals surface area contributed by atoms with Gasteiger partial charge in [0.15, 0.2) is 0 Å². The van der Waals surface area contributed by atoms with Gasteiger partial charge < -0.3 is 24.7 Å². The molecule has 3 heterocycles. The van der Waals surface area contributed by atoms with E-state index in [4.69, 9.17) is 32.7 Å². The summed E-state index contributed by atoms with van der Waals surface area (Å²) in [6.45, 7) is 9.45. The summed E-state index contributed by atoms with van der Waals surface area (Å²) in [6.07, 6.45) is 7.82. The van der Waals surface area contributed by atoms with Crippen molar-refractivity contribution in [2.75, 3.05) is 31.6 Å². The number of para-hydroxylation sites is 1. The van der Waals surface area contributed by atoms with Gasteiger partial charge in [-0.3, -0.25) is 14.5 Å².